The van der Waals surface area contributed by atoms with Crippen molar-refractivity contribution < 1.29 is 13.2 Å². The molecule has 0 atom stereocenters. The largest absolute Gasteiger partial charge is 0.305 e. The van der Waals surface area contributed by atoms with Crippen molar-refractivity contribution in [3.63, 3.8) is 0 Å². The van der Waals surface area contributed by atoms with E-state index in [1.54, 1.807) is 9.13 Å². The molecule has 3 nitrogen and oxygen atoms in total. The first-order chi connectivity index (χ1) is 34.8. The molecule has 0 fully saturated rings. The number of nitrogens with zero attached hydrogens (tertiary/aromatic N) is 3. The molecule has 0 radical (unpaired) electrons. The molecule has 0 bridgehead atoms. The molecule has 0 aliphatic carbocycles. The van der Waals surface area contributed by atoms with Crippen LogP contribution in [0.4, 0.5) is 13.2 Å². The highest BCUT2D eigenvalue weighted by Crippen LogP contribution is 2.45. The van der Waals surface area contributed by atoms with Gasteiger partial charge in [0, 0.05) is 21.5 Å². The Morgan fingerprint density at radius 3 is 0.877 bits per heavy atom. The zero-order valence-corrected chi connectivity index (χ0v) is 43.5. The maximum Gasteiger partial charge on any atom is 0.198 e. The Labute approximate surface area is 425 Å². The molecule has 6 heteroatoms. The summed E-state index contributed by atoms with van der Waals surface area (Å²) >= 11 is 0. The number of rotatable bonds is 6. The van der Waals surface area contributed by atoms with Crippen LogP contribution < -0.4 is 0 Å². The number of halogens is 3. The van der Waals surface area contributed by atoms with Crippen LogP contribution in [-0.2, 0) is 0 Å². The Hall–Kier alpha value is -8.14. The van der Waals surface area contributed by atoms with E-state index in [-0.39, 0.29) is 16.9 Å². The van der Waals surface area contributed by atoms with Gasteiger partial charge in [0.05, 0.1) is 22.1 Å². The second kappa shape index (κ2) is 17.3. The van der Waals surface area contributed by atoms with Crippen molar-refractivity contribution in [3.05, 3.63) is 211 Å². The lowest BCUT2D eigenvalue weighted by Crippen LogP contribution is -2.12. The van der Waals surface area contributed by atoms with Crippen LogP contribution in [0.3, 0.4) is 0 Å². The molecule has 2 heterocycles. The van der Waals surface area contributed by atoms with Crippen molar-refractivity contribution in [2.45, 2.75) is 83.1 Å². The smallest absolute Gasteiger partial charge is 0.198 e. The molecule has 0 spiro atoms. The van der Waals surface area contributed by atoms with Crippen LogP contribution in [0.15, 0.2) is 121 Å². The van der Waals surface area contributed by atoms with E-state index in [2.05, 4.69) is 162 Å². The number of hydrogen-bond acceptors (Lipinski definition) is 1. The lowest BCUT2D eigenvalue weighted by atomic mass is 9.92. The highest BCUT2D eigenvalue weighted by molar-refractivity contribution is 6.14. The van der Waals surface area contributed by atoms with Crippen LogP contribution in [0.5, 0.6) is 0 Å². The summed E-state index contributed by atoms with van der Waals surface area (Å²) in [5.41, 5.74) is 22.4. The SMILES string of the molecule is Cc1cc(C)c(-c2ccc3c(c2)c2ccc(-c4c(C)cc(C)cc4C)cc2n3-c2c(F)c(F)c(F)c(-n3c4ccc(-c5c(C)cc(C)cc5C)cc4c4ccc(-c5c(C)cc(C)cc5C)cc43)c2C#N)c(C)c1. The van der Waals surface area contributed by atoms with E-state index in [9.17, 15) is 5.26 Å². The standard InChI is InChI=1S/C67H56F3N3/c1-34-21-38(5)59(39(6)22-34)46-15-19-55-52(29-46)50-17-13-48(61-42(9)25-36(3)26-43(61)10)31-57(50)72(55)66-54(33-71)67(65(70)63(68)64(66)69)73-56-20-16-47(60-40(7)23-35(2)24-41(60)8)30-53(56)51-18-14-49(32-58(51)73)62-44(11)27-37(4)28-45(62)12/h13-32H,1-12H3. The number of aromatic nitrogens is 2. The van der Waals surface area contributed by atoms with Crippen LogP contribution in [0.2, 0.25) is 0 Å². The summed E-state index contributed by atoms with van der Waals surface area (Å²) < 4.78 is 55.8. The zero-order valence-electron chi connectivity index (χ0n) is 43.5. The van der Waals surface area contributed by atoms with Gasteiger partial charge in [-0.1, -0.05) is 107 Å². The number of benzene rings is 9. The Kier molecular flexibility index (Phi) is 11.2. The molecule has 9 aromatic carbocycles. The molecule has 11 aromatic rings. The molecule has 0 unspecified atom stereocenters. The molecule has 0 N–H and O–H groups in total. The molecule has 11 rings (SSSR count). The van der Waals surface area contributed by atoms with Crippen LogP contribution >= 0.6 is 0 Å². The van der Waals surface area contributed by atoms with E-state index in [1.807, 2.05) is 48.5 Å². The summed E-state index contributed by atoms with van der Waals surface area (Å²) in [6.07, 6.45) is 0. The van der Waals surface area contributed by atoms with E-state index in [0.717, 1.165) is 133 Å². The average molecular weight is 960 g/mol. The Morgan fingerprint density at radius 2 is 0.589 bits per heavy atom. The van der Waals surface area contributed by atoms with Gasteiger partial charge in [-0.2, -0.15) is 5.26 Å². The van der Waals surface area contributed by atoms with Crippen molar-refractivity contribution in [2.75, 3.05) is 0 Å². The van der Waals surface area contributed by atoms with E-state index in [1.165, 1.54) is 0 Å². The maximum absolute atomic E-state index is 17.6. The van der Waals surface area contributed by atoms with Crippen LogP contribution in [0, 0.1) is 112 Å². The van der Waals surface area contributed by atoms with Crippen molar-refractivity contribution in [2.24, 2.45) is 0 Å². The number of nitriles is 1. The molecule has 360 valence electrons. The Bertz CT molecular complexity index is 3910. The molecule has 73 heavy (non-hydrogen) atoms. The van der Waals surface area contributed by atoms with Crippen molar-refractivity contribution >= 4 is 43.6 Å². The van der Waals surface area contributed by atoms with Gasteiger partial charge in [-0.3, -0.25) is 0 Å². The average Bonchev–Trinajstić information content (AvgIpc) is 3.80. The lowest BCUT2D eigenvalue weighted by molar-refractivity contribution is 0.443. The minimum absolute atomic E-state index is 0.334. The highest BCUT2D eigenvalue weighted by atomic mass is 19.2. The summed E-state index contributed by atoms with van der Waals surface area (Å²) in [4.78, 5) is 0. The molecular formula is C67H56F3N3. The van der Waals surface area contributed by atoms with Gasteiger partial charge in [0.25, 0.3) is 0 Å². The van der Waals surface area contributed by atoms with Gasteiger partial charge in [0.1, 0.15) is 23.0 Å². The molecule has 0 aliphatic rings. The predicted octanol–water partition coefficient (Wildman–Crippen LogP) is 18.5. The second-order valence-corrected chi connectivity index (χ2v) is 20.8. The highest BCUT2D eigenvalue weighted by Gasteiger charge is 2.32. The van der Waals surface area contributed by atoms with E-state index >= 15 is 13.2 Å². The van der Waals surface area contributed by atoms with Gasteiger partial charge in [0.2, 0.25) is 0 Å². The molecule has 0 amide bonds. The topological polar surface area (TPSA) is 33.6 Å². The van der Waals surface area contributed by atoms with Crippen molar-refractivity contribution in [1.82, 2.24) is 9.13 Å². The third-order valence-corrected chi connectivity index (χ3v) is 15.2. The minimum atomic E-state index is -1.66. The Morgan fingerprint density at radius 1 is 0.315 bits per heavy atom. The van der Waals surface area contributed by atoms with Gasteiger partial charge in [-0.15, -0.1) is 0 Å². The molecular weight excluding hydrogens is 904 g/mol. The van der Waals surface area contributed by atoms with Crippen molar-refractivity contribution in [3.8, 4) is 62.0 Å². The predicted molar refractivity (Wildman–Crippen MR) is 298 cm³/mol. The van der Waals surface area contributed by atoms with E-state index in [0.29, 0.717) is 22.1 Å². The van der Waals surface area contributed by atoms with Crippen LogP contribution in [0.1, 0.15) is 72.3 Å². The van der Waals surface area contributed by atoms with Gasteiger partial charge >= 0.3 is 0 Å². The minimum Gasteiger partial charge on any atom is -0.305 e. The van der Waals surface area contributed by atoms with E-state index < -0.39 is 17.5 Å². The molecule has 0 saturated heterocycles. The van der Waals surface area contributed by atoms with Gasteiger partial charge < -0.3 is 9.13 Å². The summed E-state index contributed by atoms with van der Waals surface area (Å²) in [5.74, 6) is -4.56. The second-order valence-electron chi connectivity index (χ2n) is 20.8. The fourth-order valence-corrected chi connectivity index (χ4v) is 12.8. The Balaban J connectivity index is 1.27. The fraction of sp³-hybridized carbons (Fsp3) is 0.179. The summed E-state index contributed by atoms with van der Waals surface area (Å²) in [7, 11) is 0. The van der Waals surface area contributed by atoms with Crippen LogP contribution in [-0.4, -0.2) is 9.13 Å². The maximum atomic E-state index is 17.6. The summed E-state index contributed by atoms with van der Waals surface area (Å²) in [6, 6.07) is 43.7. The number of aryl methyl sites for hydroxylation is 12. The van der Waals surface area contributed by atoms with E-state index in [4.69, 9.17) is 0 Å². The number of fused-ring (bicyclic) bond motifs is 6. The monoisotopic (exact) mass is 959 g/mol. The first-order valence-corrected chi connectivity index (χ1v) is 25.0. The first-order valence-electron chi connectivity index (χ1n) is 25.0. The zero-order chi connectivity index (χ0) is 51.6. The summed E-state index contributed by atoms with van der Waals surface area (Å²) in [6.45, 7) is 25.0. The molecule has 0 aliphatic heterocycles. The third kappa shape index (κ3) is 7.39. The van der Waals surface area contributed by atoms with Gasteiger partial charge in [-0.25, -0.2) is 13.2 Å². The van der Waals surface area contributed by atoms with Crippen LogP contribution in [0.25, 0.3) is 99.5 Å². The van der Waals surface area contributed by atoms with Gasteiger partial charge in [-0.05, 0) is 208 Å². The number of hydrogen-bond donors (Lipinski definition) is 0. The normalized spacial score (nSPS) is 11.8. The fourth-order valence-electron chi connectivity index (χ4n) is 12.8. The summed E-state index contributed by atoms with van der Waals surface area (Å²) in [5, 5.41) is 14.7. The quantitative estimate of drug-likeness (QED) is 0.153. The lowest BCUT2D eigenvalue weighted by Gasteiger charge is -2.19. The third-order valence-electron chi connectivity index (χ3n) is 15.2. The first kappa shape index (κ1) is 47.2. The molecule has 2 aromatic heterocycles. The van der Waals surface area contributed by atoms with Crippen molar-refractivity contribution in [1.29, 1.82) is 5.26 Å². The van der Waals surface area contributed by atoms with Gasteiger partial charge in [0.15, 0.2) is 17.5 Å². The molecule has 0 saturated carbocycles.